The fraction of sp³-hybridized carbons (Fsp3) is 0.472. The first-order valence-electron chi connectivity index (χ1n) is 16.4. The summed E-state index contributed by atoms with van der Waals surface area (Å²) in [5.41, 5.74) is -0.873. The number of likely N-dealkylation sites (tertiary alicyclic amines) is 2. The van der Waals surface area contributed by atoms with Crippen LogP contribution >= 0.6 is 23.2 Å². The van der Waals surface area contributed by atoms with Gasteiger partial charge in [0.15, 0.2) is 0 Å². The minimum atomic E-state index is -4.12. The van der Waals surface area contributed by atoms with Crippen LogP contribution in [0.5, 0.6) is 0 Å². The van der Waals surface area contributed by atoms with Crippen LogP contribution in [-0.2, 0) is 19.6 Å². The number of piperidine rings is 1. The van der Waals surface area contributed by atoms with Crippen molar-refractivity contribution in [3.63, 3.8) is 0 Å². The molecular formula is C36H46Cl2N4O6S. The molecule has 3 amide bonds. The summed E-state index contributed by atoms with van der Waals surface area (Å²) in [6.07, 6.45) is 5.57. The van der Waals surface area contributed by atoms with Crippen LogP contribution in [0.15, 0.2) is 72.7 Å². The maximum Gasteiger partial charge on any atom is 0.410 e. The van der Waals surface area contributed by atoms with Crippen molar-refractivity contribution >= 4 is 56.8 Å². The van der Waals surface area contributed by atoms with E-state index in [0.717, 1.165) is 0 Å². The van der Waals surface area contributed by atoms with Gasteiger partial charge in [0.2, 0.25) is 5.91 Å². The van der Waals surface area contributed by atoms with Gasteiger partial charge in [-0.3, -0.25) is 13.9 Å². The summed E-state index contributed by atoms with van der Waals surface area (Å²) in [7, 11) is -4.12. The fourth-order valence-corrected chi connectivity index (χ4v) is 8.12. The molecule has 2 aromatic rings. The Balaban J connectivity index is 1.49. The zero-order valence-electron chi connectivity index (χ0n) is 28.6. The number of hydrogen-bond acceptors (Lipinski definition) is 6. The standard InChI is InChI=1S/C36H46Cl2N4O6S/c1-7-9-17-36(18-22-40(23-19-36)34(45)48-35(4,5)6)33(44)39-31-16-21-41(25(31)3)32(43)29-24-28(14-15-30(29)38)49(46,47)42(20-8-2)27-12-10-26(37)11-13-27/h7-8,10-15,24-25,31H,1-2,9,16-23H2,3-6H3,(H,39,44)/t25-,31-/m1/s1. The summed E-state index contributed by atoms with van der Waals surface area (Å²) >= 11 is 12.5. The largest absolute Gasteiger partial charge is 0.444 e. The number of carbonyl (C=O) groups excluding carboxylic acids is 3. The third kappa shape index (κ3) is 8.80. The molecular weight excluding hydrogens is 687 g/mol. The average Bonchev–Trinajstić information content (AvgIpc) is 3.41. The summed E-state index contributed by atoms with van der Waals surface area (Å²) in [6, 6.07) is 9.73. The normalized spacial score (nSPS) is 19.2. The Kier molecular flexibility index (Phi) is 12.2. The molecule has 10 nitrogen and oxygen atoms in total. The number of benzene rings is 2. The summed E-state index contributed by atoms with van der Waals surface area (Å²) in [6.45, 7) is 16.0. The first kappa shape index (κ1) is 38.3. The third-order valence-corrected chi connectivity index (χ3v) is 11.6. The molecule has 0 radical (unpaired) electrons. The lowest BCUT2D eigenvalue weighted by Crippen LogP contribution is -2.54. The smallest absolute Gasteiger partial charge is 0.410 e. The van der Waals surface area contributed by atoms with Crippen molar-refractivity contribution in [2.75, 3.05) is 30.5 Å². The maximum absolute atomic E-state index is 14.0. The van der Waals surface area contributed by atoms with Crippen molar-refractivity contribution in [2.24, 2.45) is 5.41 Å². The van der Waals surface area contributed by atoms with Gasteiger partial charge in [-0.25, -0.2) is 13.2 Å². The molecule has 0 unspecified atom stereocenters. The van der Waals surface area contributed by atoms with Gasteiger partial charge in [-0.15, -0.1) is 13.2 Å². The predicted molar refractivity (Wildman–Crippen MR) is 194 cm³/mol. The molecule has 266 valence electrons. The molecule has 2 aliphatic rings. The third-order valence-electron chi connectivity index (χ3n) is 9.18. The van der Waals surface area contributed by atoms with Crippen molar-refractivity contribution in [1.82, 2.24) is 15.1 Å². The van der Waals surface area contributed by atoms with Gasteiger partial charge in [0.1, 0.15) is 5.60 Å². The molecule has 0 spiro atoms. The summed E-state index contributed by atoms with van der Waals surface area (Å²) in [5.74, 6) is -0.542. The Bertz CT molecular complexity index is 1670. The Labute approximate surface area is 300 Å². The second kappa shape index (κ2) is 15.6. The van der Waals surface area contributed by atoms with Crippen molar-refractivity contribution in [2.45, 2.75) is 82.4 Å². The SMILES string of the molecule is C=CCCC1(C(=O)N[C@@H]2CCN(C(=O)c3cc(S(=O)(=O)N(CC=C)c4ccc(Cl)cc4)ccc3Cl)[C@@H]2C)CCN(C(=O)OC(C)(C)C)CC1. The highest BCUT2D eigenvalue weighted by Gasteiger charge is 2.45. The van der Waals surface area contributed by atoms with E-state index < -0.39 is 39.1 Å². The van der Waals surface area contributed by atoms with E-state index in [2.05, 4.69) is 18.5 Å². The zero-order valence-corrected chi connectivity index (χ0v) is 30.9. The Morgan fingerprint density at radius 2 is 1.69 bits per heavy atom. The summed E-state index contributed by atoms with van der Waals surface area (Å²) in [4.78, 5) is 43.7. The Morgan fingerprint density at radius 1 is 1.04 bits per heavy atom. The van der Waals surface area contributed by atoms with Crippen molar-refractivity contribution < 1.29 is 27.5 Å². The van der Waals surface area contributed by atoms with Gasteiger partial charge >= 0.3 is 6.09 Å². The molecule has 4 rings (SSSR count). The topological polar surface area (TPSA) is 116 Å². The number of rotatable bonds is 11. The van der Waals surface area contributed by atoms with E-state index in [1.54, 1.807) is 40.1 Å². The van der Waals surface area contributed by atoms with Gasteiger partial charge in [-0.05, 0) is 102 Å². The van der Waals surface area contributed by atoms with E-state index in [9.17, 15) is 22.8 Å². The van der Waals surface area contributed by atoms with Crippen LogP contribution in [0.25, 0.3) is 0 Å². The molecule has 2 aromatic carbocycles. The molecule has 0 bridgehead atoms. The number of allylic oxidation sites excluding steroid dienone is 1. The number of halogens is 2. The van der Waals surface area contributed by atoms with Crippen LogP contribution < -0.4 is 9.62 Å². The Morgan fingerprint density at radius 3 is 2.29 bits per heavy atom. The number of nitrogens with zero attached hydrogens (tertiary/aromatic N) is 3. The molecule has 2 fully saturated rings. The fourth-order valence-electron chi connectivity index (χ4n) is 6.33. The molecule has 2 aliphatic heterocycles. The van der Waals surface area contributed by atoms with Gasteiger partial charge in [0.25, 0.3) is 15.9 Å². The Hall–Kier alpha value is -3.54. The molecule has 0 aromatic heterocycles. The number of sulfonamides is 1. The van der Waals surface area contributed by atoms with E-state index in [1.807, 2.05) is 27.7 Å². The molecule has 13 heteroatoms. The lowest BCUT2D eigenvalue weighted by Gasteiger charge is -2.41. The second-order valence-corrected chi connectivity index (χ2v) is 16.3. The van der Waals surface area contributed by atoms with Crippen LogP contribution in [0.2, 0.25) is 10.0 Å². The van der Waals surface area contributed by atoms with E-state index in [0.29, 0.717) is 62.4 Å². The molecule has 0 aliphatic carbocycles. The van der Waals surface area contributed by atoms with E-state index in [1.165, 1.54) is 28.6 Å². The van der Waals surface area contributed by atoms with Crippen LogP contribution in [0.3, 0.4) is 0 Å². The van der Waals surface area contributed by atoms with Crippen LogP contribution in [0.1, 0.15) is 70.2 Å². The molecule has 2 saturated heterocycles. The first-order chi connectivity index (χ1) is 23.0. The van der Waals surface area contributed by atoms with Gasteiger partial charge in [0.05, 0.1) is 39.2 Å². The highest BCUT2D eigenvalue weighted by Crippen LogP contribution is 2.38. The van der Waals surface area contributed by atoms with Crippen molar-refractivity contribution in [3.05, 3.63) is 83.4 Å². The van der Waals surface area contributed by atoms with Crippen LogP contribution in [0, 0.1) is 5.41 Å². The highest BCUT2D eigenvalue weighted by molar-refractivity contribution is 7.92. The minimum Gasteiger partial charge on any atom is -0.444 e. The van der Waals surface area contributed by atoms with Gasteiger partial charge in [0, 0.05) is 30.7 Å². The number of ether oxygens (including phenoxy) is 1. The lowest BCUT2D eigenvalue weighted by molar-refractivity contribution is -0.135. The predicted octanol–water partition coefficient (Wildman–Crippen LogP) is 7.08. The van der Waals surface area contributed by atoms with E-state index in [4.69, 9.17) is 27.9 Å². The van der Waals surface area contributed by atoms with E-state index in [-0.39, 0.29) is 34.0 Å². The maximum atomic E-state index is 14.0. The summed E-state index contributed by atoms with van der Waals surface area (Å²) in [5, 5.41) is 3.79. The van der Waals surface area contributed by atoms with Gasteiger partial charge in [-0.2, -0.15) is 0 Å². The lowest BCUT2D eigenvalue weighted by atomic mass is 9.73. The van der Waals surface area contributed by atoms with Crippen LogP contribution in [-0.4, -0.2) is 80.0 Å². The number of carbonyl (C=O) groups is 3. The van der Waals surface area contributed by atoms with Crippen LogP contribution in [0.4, 0.5) is 10.5 Å². The molecule has 49 heavy (non-hydrogen) atoms. The number of anilines is 1. The van der Waals surface area contributed by atoms with Crippen molar-refractivity contribution in [1.29, 1.82) is 0 Å². The minimum absolute atomic E-state index is 0.00622. The molecule has 2 heterocycles. The second-order valence-electron chi connectivity index (χ2n) is 13.6. The molecule has 2 atom stereocenters. The zero-order chi connectivity index (χ0) is 36.1. The monoisotopic (exact) mass is 732 g/mol. The number of nitrogens with one attached hydrogen (secondary N) is 1. The first-order valence-corrected chi connectivity index (χ1v) is 18.6. The highest BCUT2D eigenvalue weighted by atomic mass is 35.5. The quantitative estimate of drug-likeness (QED) is 0.247. The van der Waals surface area contributed by atoms with Gasteiger partial charge < -0.3 is 19.9 Å². The van der Waals surface area contributed by atoms with E-state index >= 15 is 0 Å². The summed E-state index contributed by atoms with van der Waals surface area (Å²) < 4.78 is 34.4. The average molecular weight is 734 g/mol. The van der Waals surface area contributed by atoms with Gasteiger partial charge in [-0.1, -0.05) is 35.4 Å². The molecule has 1 N–H and O–H groups in total. The number of amides is 3. The molecule has 0 saturated carbocycles. The van der Waals surface area contributed by atoms with Crippen molar-refractivity contribution in [3.8, 4) is 0 Å². The number of hydrogen-bond donors (Lipinski definition) is 1.